The molecular weight excluding hydrogens is 252 g/mol. The Morgan fingerprint density at radius 2 is 1.95 bits per heavy atom. The summed E-state index contributed by atoms with van der Waals surface area (Å²) in [6, 6.07) is 2.07. The molecule has 5 nitrogen and oxygen atoms in total. The molecule has 0 atom stereocenters. The second-order valence-corrected chi connectivity index (χ2v) is 5.14. The quantitative estimate of drug-likeness (QED) is 0.785. The molecule has 0 radical (unpaired) electrons. The van der Waals surface area contributed by atoms with Crippen molar-refractivity contribution >= 4 is 0 Å². The average Bonchev–Trinajstić information content (AvgIpc) is 2.87. The van der Waals surface area contributed by atoms with E-state index < -0.39 is 0 Å². The maximum absolute atomic E-state index is 5.47. The first-order valence-corrected chi connectivity index (χ1v) is 7.17. The standard InChI is InChI=1S/C15H22N4O/c1-11-9-12(2)14(17-10-11)15-18-13(20-19-15)7-5-3-4-6-8-16/h9-10H,3-8,16H2,1-2H3. The maximum Gasteiger partial charge on any atom is 0.227 e. The molecule has 0 spiro atoms. The lowest BCUT2D eigenvalue weighted by Crippen LogP contribution is -1.97. The van der Waals surface area contributed by atoms with Crippen molar-refractivity contribution in [3.05, 3.63) is 29.3 Å². The molecule has 0 saturated heterocycles. The molecule has 0 fully saturated rings. The van der Waals surface area contributed by atoms with Gasteiger partial charge in [0.2, 0.25) is 11.7 Å². The number of aromatic nitrogens is 3. The number of hydrogen-bond acceptors (Lipinski definition) is 5. The monoisotopic (exact) mass is 274 g/mol. The van der Waals surface area contributed by atoms with Crippen LogP contribution in [0.3, 0.4) is 0 Å². The molecule has 0 unspecified atom stereocenters. The Bertz CT molecular complexity index is 551. The Balaban J connectivity index is 1.95. The van der Waals surface area contributed by atoms with Crippen molar-refractivity contribution in [3.63, 3.8) is 0 Å². The minimum atomic E-state index is 0.583. The van der Waals surface area contributed by atoms with E-state index in [4.69, 9.17) is 10.3 Å². The van der Waals surface area contributed by atoms with Gasteiger partial charge in [-0.25, -0.2) is 0 Å². The Kier molecular flexibility index (Phi) is 5.24. The highest BCUT2D eigenvalue weighted by Gasteiger charge is 2.12. The van der Waals surface area contributed by atoms with E-state index in [1.54, 1.807) is 0 Å². The van der Waals surface area contributed by atoms with Gasteiger partial charge < -0.3 is 10.3 Å². The lowest BCUT2D eigenvalue weighted by atomic mass is 10.1. The van der Waals surface area contributed by atoms with Crippen molar-refractivity contribution in [2.24, 2.45) is 5.73 Å². The van der Waals surface area contributed by atoms with Crippen LogP contribution >= 0.6 is 0 Å². The summed E-state index contributed by atoms with van der Waals surface area (Å²) in [7, 11) is 0. The topological polar surface area (TPSA) is 77.8 Å². The smallest absolute Gasteiger partial charge is 0.227 e. The predicted octanol–water partition coefficient (Wildman–Crippen LogP) is 2.81. The lowest BCUT2D eigenvalue weighted by molar-refractivity contribution is 0.374. The van der Waals surface area contributed by atoms with E-state index in [0.717, 1.165) is 55.5 Å². The molecule has 0 bridgehead atoms. The van der Waals surface area contributed by atoms with Crippen LogP contribution in [0.4, 0.5) is 0 Å². The SMILES string of the molecule is Cc1cnc(-c2noc(CCCCCCN)n2)c(C)c1. The summed E-state index contributed by atoms with van der Waals surface area (Å²) >= 11 is 0. The van der Waals surface area contributed by atoms with Crippen molar-refractivity contribution in [1.29, 1.82) is 0 Å². The van der Waals surface area contributed by atoms with Crippen molar-refractivity contribution < 1.29 is 4.52 Å². The van der Waals surface area contributed by atoms with Crippen LogP contribution < -0.4 is 5.73 Å². The Morgan fingerprint density at radius 1 is 1.15 bits per heavy atom. The lowest BCUT2D eigenvalue weighted by Gasteiger charge is -2.00. The molecule has 0 saturated carbocycles. The molecule has 2 aromatic heterocycles. The highest BCUT2D eigenvalue weighted by molar-refractivity contribution is 5.53. The summed E-state index contributed by atoms with van der Waals surface area (Å²) in [6.07, 6.45) is 7.10. The molecule has 0 aromatic carbocycles. The van der Waals surface area contributed by atoms with Crippen LogP contribution in [0.5, 0.6) is 0 Å². The zero-order valence-corrected chi connectivity index (χ0v) is 12.2. The molecule has 2 N–H and O–H groups in total. The molecular formula is C15H22N4O. The van der Waals surface area contributed by atoms with E-state index in [-0.39, 0.29) is 0 Å². The number of nitrogens with two attached hydrogens (primary N) is 1. The van der Waals surface area contributed by atoms with E-state index >= 15 is 0 Å². The summed E-state index contributed by atoms with van der Waals surface area (Å²) in [5.74, 6) is 1.27. The third-order valence-corrected chi connectivity index (χ3v) is 3.24. The van der Waals surface area contributed by atoms with Crippen LogP contribution in [0, 0.1) is 13.8 Å². The fourth-order valence-electron chi connectivity index (χ4n) is 2.18. The van der Waals surface area contributed by atoms with Crippen LogP contribution in [0.15, 0.2) is 16.8 Å². The molecule has 108 valence electrons. The van der Waals surface area contributed by atoms with Gasteiger partial charge >= 0.3 is 0 Å². The van der Waals surface area contributed by atoms with Gasteiger partial charge in [-0.05, 0) is 44.4 Å². The summed E-state index contributed by atoms with van der Waals surface area (Å²) in [5.41, 5.74) is 8.47. The third-order valence-electron chi connectivity index (χ3n) is 3.24. The summed E-state index contributed by atoms with van der Waals surface area (Å²) in [4.78, 5) is 8.81. The minimum absolute atomic E-state index is 0.583. The van der Waals surface area contributed by atoms with Crippen LogP contribution in [-0.2, 0) is 6.42 Å². The van der Waals surface area contributed by atoms with Crippen LogP contribution in [0.1, 0.15) is 42.7 Å². The first-order chi connectivity index (χ1) is 9.70. The van der Waals surface area contributed by atoms with Gasteiger partial charge in [-0.15, -0.1) is 0 Å². The molecule has 2 aromatic rings. The zero-order chi connectivity index (χ0) is 14.4. The summed E-state index contributed by atoms with van der Waals surface area (Å²) in [6.45, 7) is 4.80. The van der Waals surface area contributed by atoms with Crippen molar-refractivity contribution in [2.75, 3.05) is 6.54 Å². The van der Waals surface area contributed by atoms with Gasteiger partial charge in [-0.2, -0.15) is 4.98 Å². The number of nitrogens with zero attached hydrogens (tertiary/aromatic N) is 3. The van der Waals surface area contributed by atoms with E-state index in [0.29, 0.717) is 11.7 Å². The van der Waals surface area contributed by atoms with Gasteiger partial charge in [0.15, 0.2) is 0 Å². The number of unbranched alkanes of at least 4 members (excludes halogenated alkanes) is 3. The molecule has 0 aliphatic carbocycles. The normalized spacial score (nSPS) is 10.9. The maximum atomic E-state index is 5.47. The highest BCUT2D eigenvalue weighted by Crippen LogP contribution is 2.19. The second-order valence-electron chi connectivity index (χ2n) is 5.14. The second kappa shape index (κ2) is 7.14. The van der Waals surface area contributed by atoms with Crippen LogP contribution in [0.2, 0.25) is 0 Å². The predicted molar refractivity (Wildman–Crippen MR) is 78.2 cm³/mol. The van der Waals surface area contributed by atoms with E-state index in [1.807, 2.05) is 20.0 Å². The number of rotatable bonds is 7. The number of hydrogen-bond donors (Lipinski definition) is 1. The van der Waals surface area contributed by atoms with Gasteiger partial charge in [0.1, 0.15) is 5.69 Å². The number of pyridine rings is 1. The zero-order valence-electron chi connectivity index (χ0n) is 12.2. The molecule has 2 heterocycles. The Morgan fingerprint density at radius 3 is 2.70 bits per heavy atom. The molecule has 20 heavy (non-hydrogen) atoms. The van der Waals surface area contributed by atoms with Crippen molar-refractivity contribution in [2.45, 2.75) is 46.0 Å². The fourth-order valence-corrected chi connectivity index (χ4v) is 2.18. The van der Waals surface area contributed by atoms with Gasteiger partial charge in [0, 0.05) is 12.6 Å². The summed E-state index contributed by atoms with van der Waals surface area (Å²) in [5, 5.41) is 4.02. The Hall–Kier alpha value is -1.75. The Labute approximate surface area is 119 Å². The first kappa shape index (κ1) is 14.7. The van der Waals surface area contributed by atoms with Gasteiger partial charge in [0.05, 0.1) is 0 Å². The highest BCUT2D eigenvalue weighted by atomic mass is 16.5. The van der Waals surface area contributed by atoms with E-state index in [9.17, 15) is 0 Å². The van der Waals surface area contributed by atoms with Crippen LogP contribution in [0.25, 0.3) is 11.5 Å². The molecule has 0 amide bonds. The first-order valence-electron chi connectivity index (χ1n) is 7.17. The molecule has 5 heteroatoms. The van der Waals surface area contributed by atoms with Crippen molar-refractivity contribution in [1.82, 2.24) is 15.1 Å². The largest absolute Gasteiger partial charge is 0.339 e. The van der Waals surface area contributed by atoms with Gasteiger partial charge in [-0.1, -0.05) is 24.1 Å². The average molecular weight is 274 g/mol. The van der Waals surface area contributed by atoms with E-state index in [2.05, 4.69) is 21.2 Å². The summed E-state index contributed by atoms with van der Waals surface area (Å²) < 4.78 is 5.29. The van der Waals surface area contributed by atoms with E-state index in [1.165, 1.54) is 0 Å². The minimum Gasteiger partial charge on any atom is -0.339 e. The number of aryl methyl sites for hydroxylation is 3. The fraction of sp³-hybridized carbons (Fsp3) is 0.533. The van der Waals surface area contributed by atoms with Gasteiger partial charge in [-0.3, -0.25) is 4.98 Å². The van der Waals surface area contributed by atoms with Crippen molar-refractivity contribution in [3.8, 4) is 11.5 Å². The van der Waals surface area contributed by atoms with Gasteiger partial charge in [0.25, 0.3) is 0 Å². The molecule has 0 aliphatic rings. The molecule has 0 aliphatic heterocycles. The van der Waals surface area contributed by atoms with Crippen LogP contribution in [-0.4, -0.2) is 21.7 Å². The molecule has 2 rings (SSSR count). The third kappa shape index (κ3) is 3.87.